The Labute approximate surface area is 113 Å². The van der Waals surface area contributed by atoms with Crippen LogP contribution in [-0.4, -0.2) is 4.57 Å². The van der Waals surface area contributed by atoms with Crippen LogP contribution in [0.25, 0.3) is 11.3 Å². The third-order valence-electron chi connectivity index (χ3n) is 3.28. The van der Waals surface area contributed by atoms with Gasteiger partial charge in [0, 0.05) is 18.7 Å². The first kappa shape index (κ1) is 13.6. The number of hydrogen-bond donors (Lipinski definition) is 1. The third-order valence-corrected chi connectivity index (χ3v) is 3.28. The summed E-state index contributed by atoms with van der Waals surface area (Å²) < 4.78 is 1.85. The summed E-state index contributed by atoms with van der Waals surface area (Å²) in [5, 5.41) is 0. The highest BCUT2D eigenvalue weighted by Crippen LogP contribution is 2.18. The fourth-order valence-electron chi connectivity index (χ4n) is 2.18. The van der Waals surface area contributed by atoms with Gasteiger partial charge in [0.05, 0.1) is 5.69 Å². The standard InChI is InChI=1S/C16H20N2O/c1-2-3-11-18-15(13-7-5-4-6-8-13)10-9-14(12-17)16(18)19/h4-10H,2-3,11-12,17H2,1H3. The van der Waals surface area contributed by atoms with E-state index in [0.29, 0.717) is 12.1 Å². The monoisotopic (exact) mass is 256 g/mol. The summed E-state index contributed by atoms with van der Waals surface area (Å²) in [6, 6.07) is 13.8. The molecule has 0 spiro atoms. The van der Waals surface area contributed by atoms with E-state index in [2.05, 4.69) is 6.92 Å². The van der Waals surface area contributed by atoms with Gasteiger partial charge in [-0.3, -0.25) is 4.79 Å². The van der Waals surface area contributed by atoms with Gasteiger partial charge in [-0.2, -0.15) is 0 Å². The van der Waals surface area contributed by atoms with Gasteiger partial charge in [-0.25, -0.2) is 0 Å². The summed E-state index contributed by atoms with van der Waals surface area (Å²) in [4.78, 5) is 12.4. The second-order valence-corrected chi connectivity index (χ2v) is 4.62. The predicted molar refractivity (Wildman–Crippen MR) is 78.9 cm³/mol. The Bertz CT molecular complexity index is 587. The average Bonchev–Trinajstić information content (AvgIpc) is 2.46. The van der Waals surface area contributed by atoms with Crippen molar-refractivity contribution in [3.05, 3.63) is 58.4 Å². The lowest BCUT2D eigenvalue weighted by molar-refractivity contribution is 0.613. The number of rotatable bonds is 5. The smallest absolute Gasteiger partial charge is 0.255 e. The molecule has 3 nitrogen and oxygen atoms in total. The van der Waals surface area contributed by atoms with Gasteiger partial charge in [0.1, 0.15) is 0 Å². The van der Waals surface area contributed by atoms with Gasteiger partial charge < -0.3 is 10.3 Å². The van der Waals surface area contributed by atoms with Gasteiger partial charge in [-0.15, -0.1) is 0 Å². The number of unbranched alkanes of at least 4 members (excludes halogenated alkanes) is 1. The lowest BCUT2D eigenvalue weighted by Gasteiger charge is -2.14. The summed E-state index contributed by atoms with van der Waals surface area (Å²) in [6.07, 6.45) is 2.06. The van der Waals surface area contributed by atoms with Gasteiger partial charge >= 0.3 is 0 Å². The number of hydrogen-bond acceptors (Lipinski definition) is 2. The second-order valence-electron chi connectivity index (χ2n) is 4.62. The lowest BCUT2D eigenvalue weighted by atomic mass is 10.1. The van der Waals surface area contributed by atoms with Gasteiger partial charge in [0.2, 0.25) is 0 Å². The highest BCUT2D eigenvalue weighted by atomic mass is 16.1. The highest BCUT2D eigenvalue weighted by molar-refractivity contribution is 5.59. The van der Waals surface area contributed by atoms with E-state index < -0.39 is 0 Å². The maximum Gasteiger partial charge on any atom is 0.255 e. The first-order valence-corrected chi connectivity index (χ1v) is 6.76. The fourth-order valence-corrected chi connectivity index (χ4v) is 2.18. The van der Waals surface area contributed by atoms with Crippen LogP contribution in [0.15, 0.2) is 47.3 Å². The molecular weight excluding hydrogens is 236 g/mol. The van der Waals surface area contributed by atoms with E-state index in [9.17, 15) is 4.79 Å². The van der Waals surface area contributed by atoms with E-state index >= 15 is 0 Å². The Kier molecular flexibility index (Phi) is 4.53. The first-order valence-electron chi connectivity index (χ1n) is 6.76. The third kappa shape index (κ3) is 2.93. The van der Waals surface area contributed by atoms with E-state index in [0.717, 1.165) is 30.6 Å². The van der Waals surface area contributed by atoms with Crippen LogP contribution in [0.4, 0.5) is 0 Å². The molecule has 0 atom stereocenters. The molecule has 0 unspecified atom stereocenters. The largest absolute Gasteiger partial charge is 0.326 e. The number of benzene rings is 1. The Morgan fingerprint density at radius 2 is 1.84 bits per heavy atom. The molecule has 0 aliphatic heterocycles. The van der Waals surface area contributed by atoms with E-state index in [4.69, 9.17) is 5.73 Å². The number of nitrogens with two attached hydrogens (primary N) is 1. The van der Waals surface area contributed by atoms with Crippen LogP contribution in [0, 0.1) is 0 Å². The van der Waals surface area contributed by atoms with Crippen LogP contribution >= 0.6 is 0 Å². The van der Waals surface area contributed by atoms with Crippen molar-refractivity contribution in [3.8, 4) is 11.3 Å². The Hall–Kier alpha value is -1.87. The SMILES string of the molecule is CCCCn1c(-c2ccccc2)ccc(CN)c1=O. The van der Waals surface area contributed by atoms with Crippen LogP contribution < -0.4 is 11.3 Å². The predicted octanol–water partition coefficient (Wildman–Crippen LogP) is 2.77. The molecule has 1 aromatic heterocycles. The maximum atomic E-state index is 12.4. The first-order chi connectivity index (χ1) is 9.27. The Morgan fingerprint density at radius 1 is 1.11 bits per heavy atom. The summed E-state index contributed by atoms with van der Waals surface area (Å²) in [5.74, 6) is 0. The summed E-state index contributed by atoms with van der Waals surface area (Å²) in [6.45, 7) is 3.16. The zero-order valence-corrected chi connectivity index (χ0v) is 11.3. The van der Waals surface area contributed by atoms with E-state index in [-0.39, 0.29) is 5.56 Å². The normalized spacial score (nSPS) is 10.6. The Balaban J connectivity index is 2.54. The summed E-state index contributed by atoms with van der Waals surface area (Å²) in [5.41, 5.74) is 8.38. The van der Waals surface area contributed by atoms with Gasteiger partial charge in [-0.1, -0.05) is 49.7 Å². The number of aromatic nitrogens is 1. The van der Waals surface area contributed by atoms with Crippen LogP contribution in [0.1, 0.15) is 25.3 Å². The van der Waals surface area contributed by atoms with E-state index in [1.54, 1.807) is 0 Å². The average molecular weight is 256 g/mol. The molecule has 0 radical (unpaired) electrons. The van der Waals surface area contributed by atoms with Crippen molar-refractivity contribution in [3.63, 3.8) is 0 Å². The van der Waals surface area contributed by atoms with Crippen LogP contribution in [0.5, 0.6) is 0 Å². The van der Waals surface area contributed by atoms with Crippen LogP contribution in [-0.2, 0) is 13.1 Å². The molecule has 1 heterocycles. The minimum absolute atomic E-state index is 0.0392. The maximum absolute atomic E-state index is 12.4. The lowest BCUT2D eigenvalue weighted by Crippen LogP contribution is -2.26. The fraction of sp³-hybridized carbons (Fsp3) is 0.312. The quantitative estimate of drug-likeness (QED) is 0.894. The molecule has 0 bridgehead atoms. The minimum Gasteiger partial charge on any atom is -0.326 e. The van der Waals surface area contributed by atoms with E-state index in [1.807, 2.05) is 47.0 Å². The second kappa shape index (κ2) is 6.34. The van der Waals surface area contributed by atoms with Gasteiger partial charge in [0.15, 0.2) is 0 Å². The molecule has 2 N–H and O–H groups in total. The van der Waals surface area contributed by atoms with Crippen molar-refractivity contribution in [1.29, 1.82) is 0 Å². The molecule has 3 heteroatoms. The molecule has 0 aliphatic rings. The molecule has 2 aromatic rings. The summed E-state index contributed by atoms with van der Waals surface area (Å²) >= 11 is 0. The van der Waals surface area contributed by atoms with Crippen molar-refractivity contribution in [2.75, 3.05) is 0 Å². The molecular formula is C16H20N2O. The highest BCUT2D eigenvalue weighted by Gasteiger charge is 2.09. The molecule has 2 rings (SSSR count). The molecule has 19 heavy (non-hydrogen) atoms. The van der Waals surface area contributed by atoms with Crippen molar-refractivity contribution in [2.24, 2.45) is 5.73 Å². The summed E-state index contributed by atoms with van der Waals surface area (Å²) in [7, 11) is 0. The topological polar surface area (TPSA) is 48.0 Å². The minimum atomic E-state index is 0.0392. The van der Waals surface area contributed by atoms with Gasteiger partial charge in [0.25, 0.3) is 5.56 Å². The zero-order chi connectivity index (χ0) is 13.7. The van der Waals surface area contributed by atoms with Crippen LogP contribution in [0.3, 0.4) is 0 Å². The van der Waals surface area contributed by atoms with Gasteiger partial charge in [-0.05, 0) is 18.1 Å². The molecule has 0 amide bonds. The van der Waals surface area contributed by atoms with Crippen molar-refractivity contribution in [1.82, 2.24) is 4.57 Å². The van der Waals surface area contributed by atoms with E-state index in [1.165, 1.54) is 0 Å². The molecule has 0 fully saturated rings. The molecule has 0 aliphatic carbocycles. The molecule has 100 valence electrons. The molecule has 0 saturated carbocycles. The molecule has 0 saturated heterocycles. The van der Waals surface area contributed by atoms with Crippen molar-refractivity contribution in [2.45, 2.75) is 32.9 Å². The zero-order valence-electron chi connectivity index (χ0n) is 11.3. The van der Waals surface area contributed by atoms with Crippen molar-refractivity contribution >= 4 is 0 Å². The molecule has 1 aromatic carbocycles. The van der Waals surface area contributed by atoms with Crippen molar-refractivity contribution < 1.29 is 0 Å². The van der Waals surface area contributed by atoms with Crippen LogP contribution in [0.2, 0.25) is 0 Å². The Morgan fingerprint density at radius 3 is 2.47 bits per heavy atom. The number of pyridine rings is 1. The number of nitrogens with zero attached hydrogens (tertiary/aromatic N) is 1.